The molecule has 12 aromatic carbocycles. The van der Waals surface area contributed by atoms with Crippen molar-refractivity contribution in [2.24, 2.45) is 0 Å². The minimum atomic E-state index is -1.29. The van der Waals surface area contributed by atoms with Crippen molar-refractivity contribution < 1.29 is 0 Å². The van der Waals surface area contributed by atoms with Gasteiger partial charge in [0.25, 0.3) is 0 Å². The van der Waals surface area contributed by atoms with Gasteiger partial charge in [-0.25, -0.2) is 0 Å². The smallest absolute Gasteiger partial charge is 0.145 e. The summed E-state index contributed by atoms with van der Waals surface area (Å²) in [4.78, 5) is 2.54. The van der Waals surface area contributed by atoms with Gasteiger partial charge in [0.2, 0.25) is 0 Å². The minimum Gasteiger partial charge on any atom is -0.310 e. The third kappa shape index (κ3) is 11.3. The van der Waals surface area contributed by atoms with Crippen molar-refractivity contribution in [3.8, 4) is 151 Å². The molecule has 15 rings (SSSR count). The van der Waals surface area contributed by atoms with E-state index in [-0.39, 0.29) is 10.8 Å². The molecular weight excluding hydrogens is 1230 g/mol. The third-order valence-electron chi connectivity index (χ3n) is 22.1. The zero-order valence-corrected chi connectivity index (χ0v) is 59.3. The van der Waals surface area contributed by atoms with Crippen LogP contribution in [0, 0.1) is 110 Å². The molecule has 0 aliphatic heterocycles. The average Bonchev–Trinajstić information content (AvgIpc) is 1.57. The van der Waals surface area contributed by atoms with Crippen LogP contribution in [0.25, 0.3) is 98.7 Å². The predicted molar refractivity (Wildman–Crippen MR) is 433 cm³/mol. The maximum atomic E-state index is 5.62. The lowest BCUT2D eigenvalue weighted by Gasteiger charge is -2.35. The molecule has 0 unspecified atom stereocenters. The second kappa shape index (κ2) is 27.9. The molecule has 3 aliphatic rings. The summed E-state index contributed by atoms with van der Waals surface area (Å²) in [7, 11) is 0. The first kappa shape index (κ1) is 65.9. The summed E-state index contributed by atoms with van der Waals surface area (Å²) in [6.45, 7) is 13.9. The summed E-state index contributed by atoms with van der Waals surface area (Å²) < 4.78 is 0. The highest BCUT2D eigenvalue weighted by Gasteiger charge is 2.46. The van der Waals surface area contributed by atoms with E-state index in [9.17, 15) is 0 Å². The Morgan fingerprint density at radius 3 is 1.16 bits per heavy atom. The van der Waals surface area contributed by atoms with Gasteiger partial charge >= 0.3 is 0 Å². The fourth-order valence-electron chi connectivity index (χ4n) is 17.5. The molecule has 488 valence electrons. The molecule has 0 fully saturated rings. The van der Waals surface area contributed by atoms with Crippen LogP contribution in [0.4, 0.5) is 17.1 Å². The largest absolute Gasteiger partial charge is 0.310 e. The van der Waals surface area contributed by atoms with E-state index in [0.717, 1.165) is 133 Å². The first-order valence-corrected chi connectivity index (χ1v) is 36.5. The number of rotatable bonds is 17. The fraction of sp³-hybridized carbons (Fsp3) is 0.208. The Morgan fingerprint density at radius 2 is 0.667 bits per heavy atom. The molecule has 0 spiro atoms. The van der Waals surface area contributed by atoms with Gasteiger partial charge in [-0.05, 0) is 297 Å². The Bertz CT molecular complexity index is 5740. The zero-order valence-electron chi connectivity index (χ0n) is 59.3. The van der Waals surface area contributed by atoms with Gasteiger partial charge < -0.3 is 4.90 Å². The monoisotopic (exact) mass is 1310 g/mol. The number of anilines is 3. The Morgan fingerprint density at radius 1 is 0.294 bits per heavy atom. The number of aryl methyl sites for hydroxylation is 2. The standard InChI is InChI=1S/C101H79N/c1-9-15-21-23-25-33-60-101(61-34-26-24-22-16-10-2)95-64-73(89-68-91-82-42-32-31-41-81(82)90(69-92(91)80-40-30-29-39-79(80)89)78-43-35-37-72-36-27-28-38-77(72)78)46-52-85(95)88-55-49-76(67-98(88)101)102(74-47-53-86-83-50-44-70(7)62-93(83)99(56-17-11-3,57-18-12-4)96(86)65-74)75-48-54-87-84-51-45-71(8)63-94(84)100(58-19-13-5,59-20-14-6)97(87)66-75/h1-2,27-32,35-55,62-69H,11-14,17-20,56-59H2,3-8H3. The number of hydrogen-bond acceptors (Lipinski definition) is 1. The van der Waals surface area contributed by atoms with Crippen molar-refractivity contribution >= 4 is 60.2 Å². The first-order valence-electron chi connectivity index (χ1n) is 36.5. The van der Waals surface area contributed by atoms with E-state index in [1.807, 2.05) is 0 Å². The highest BCUT2D eigenvalue weighted by molar-refractivity contribution is 6.25. The maximum absolute atomic E-state index is 5.62. The molecule has 102 heavy (non-hydrogen) atoms. The van der Waals surface area contributed by atoms with Gasteiger partial charge in [-0.1, -0.05) is 260 Å². The van der Waals surface area contributed by atoms with Crippen molar-refractivity contribution in [2.45, 2.75) is 135 Å². The highest BCUT2D eigenvalue weighted by Crippen LogP contribution is 2.60. The summed E-state index contributed by atoms with van der Waals surface area (Å²) in [5.74, 6) is 41.9. The van der Waals surface area contributed by atoms with Crippen LogP contribution in [0.3, 0.4) is 0 Å². The predicted octanol–water partition coefficient (Wildman–Crippen LogP) is 24.6. The SMILES string of the molecule is C#CC#CC#CC#CC1(C#CC#CC#CC#C)c2cc(-c3cc4c5ccccc5c(-c5cccc6ccccc56)cc4c4ccccc34)ccc2-c2ccc(N(c3ccc4c(c3)C(CCCC)(CCCC)c3cc(C)ccc3-4)c3ccc4c(c3)C(CCCC)(CCCC)c3cc(C)ccc3-4)cc21. The van der Waals surface area contributed by atoms with E-state index in [0.29, 0.717) is 0 Å². The van der Waals surface area contributed by atoms with Gasteiger partial charge in [0, 0.05) is 27.9 Å². The number of terminal acetylenes is 2. The highest BCUT2D eigenvalue weighted by atomic mass is 15.1. The van der Waals surface area contributed by atoms with Crippen LogP contribution in [0.5, 0.6) is 0 Å². The van der Waals surface area contributed by atoms with E-state index in [1.54, 1.807) is 0 Å². The van der Waals surface area contributed by atoms with Crippen LogP contribution in [0.1, 0.15) is 149 Å². The van der Waals surface area contributed by atoms with Crippen LogP contribution in [-0.2, 0) is 16.2 Å². The second-order valence-electron chi connectivity index (χ2n) is 28.1. The Kier molecular flexibility index (Phi) is 18.0. The minimum absolute atomic E-state index is 0.157. The van der Waals surface area contributed by atoms with Gasteiger partial charge in [0.15, 0.2) is 0 Å². The Labute approximate surface area is 604 Å². The van der Waals surface area contributed by atoms with Gasteiger partial charge in [-0.15, -0.1) is 12.8 Å². The van der Waals surface area contributed by atoms with Crippen molar-refractivity contribution in [1.82, 2.24) is 0 Å². The van der Waals surface area contributed by atoms with Crippen molar-refractivity contribution in [3.63, 3.8) is 0 Å². The number of hydrogen-bond donors (Lipinski definition) is 0. The Balaban J connectivity index is 0.985. The maximum Gasteiger partial charge on any atom is 0.145 e. The van der Waals surface area contributed by atoms with E-state index in [1.165, 1.54) is 104 Å². The molecule has 0 N–H and O–H groups in total. The molecular formula is C101H79N. The molecule has 3 aliphatic carbocycles. The molecule has 0 saturated heterocycles. The summed E-state index contributed by atoms with van der Waals surface area (Å²) in [5.41, 5.74) is 23.8. The van der Waals surface area contributed by atoms with Gasteiger partial charge in [-0.3, -0.25) is 0 Å². The molecule has 0 amide bonds. The molecule has 0 bridgehead atoms. The van der Waals surface area contributed by atoms with Crippen LogP contribution in [0.15, 0.2) is 212 Å². The number of benzene rings is 12. The molecule has 12 aromatic rings. The molecule has 0 aromatic heterocycles. The van der Waals surface area contributed by atoms with Gasteiger partial charge in [-0.2, -0.15) is 0 Å². The van der Waals surface area contributed by atoms with E-state index < -0.39 is 5.41 Å². The second-order valence-corrected chi connectivity index (χ2v) is 28.1. The molecule has 1 heteroatoms. The van der Waals surface area contributed by atoms with Crippen molar-refractivity contribution in [2.75, 3.05) is 4.90 Å². The van der Waals surface area contributed by atoms with Gasteiger partial charge in [0.05, 0.1) is 0 Å². The molecule has 0 radical (unpaired) electrons. The average molecular weight is 1310 g/mol. The summed E-state index contributed by atoms with van der Waals surface area (Å²) in [6, 6.07) is 80.9. The number of unbranched alkanes of at least 4 members (excludes halogenated alkanes) is 4. The van der Waals surface area contributed by atoms with Crippen molar-refractivity contribution in [1.29, 1.82) is 0 Å². The van der Waals surface area contributed by atoms with E-state index in [4.69, 9.17) is 12.8 Å². The van der Waals surface area contributed by atoms with Crippen molar-refractivity contribution in [3.05, 3.63) is 257 Å². The van der Waals surface area contributed by atoms with Crippen LogP contribution in [-0.4, -0.2) is 0 Å². The topological polar surface area (TPSA) is 3.24 Å². The Hall–Kier alpha value is -12.0. The van der Waals surface area contributed by atoms with Crippen LogP contribution < -0.4 is 4.90 Å². The van der Waals surface area contributed by atoms with Gasteiger partial charge in [0.1, 0.15) is 5.41 Å². The quantitative estimate of drug-likeness (QED) is 0.0649. The molecule has 1 nitrogen and oxygen atoms in total. The normalized spacial score (nSPS) is 13.0. The lowest BCUT2D eigenvalue weighted by molar-refractivity contribution is 0.414. The number of fused-ring (bicyclic) bond motifs is 15. The summed E-state index contributed by atoms with van der Waals surface area (Å²) in [6.07, 6.45) is 24.6. The summed E-state index contributed by atoms with van der Waals surface area (Å²) in [5, 5.41) is 9.49. The first-order chi connectivity index (χ1) is 50.1. The van der Waals surface area contributed by atoms with Crippen LogP contribution >= 0.6 is 0 Å². The van der Waals surface area contributed by atoms with Crippen LogP contribution in [0.2, 0.25) is 0 Å². The molecule has 0 heterocycles. The third-order valence-corrected chi connectivity index (χ3v) is 22.1. The van der Waals surface area contributed by atoms with E-state index in [2.05, 4.69) is 342 Å². The lowest BCUT2D eigenvalue weighted by Crippen LogP contribution is -2.26. The molecule has 0 atom stereocenters. The zero-order chi connectivity index (χ0) is 70.0. The molecule has 0 saturated carbocycles. The lowest BCUT2D eigenvalue weighted by atomic mass is 9.70. The van der Waals surface area contributed by atoms with E-state index >= 15 is 0 Å². The summed E-state index contributed by atoms with van der Waals surface area (Å²) >= 11 is 0. The fourth-order valence-corrected chi connectivity index (χ4v) is 17.5. The number of nitrogens with zero attached hydrogens (tertiary/aromatic N) is 1.